The Hall–Kier alpha value is -3.28. The molecule has 0 fully saturated rings. The van der Waals surface area contributed by atoms with Crippen LogP contribution in [0.15, 0.2) is 48.5 Å². The maximum Gasteiger partial charge on any atom is 0.251 e. The number of benzene rings is 2. The van der Waals surface area contributed by atoms with Crippen LogP contribution in [0.5, 0.6) is 0 Å². The summed E-state index contributed by atoms with van der Waals surface area (Å²) in [5, 5.41) is 7.73. The van der Waals surface area contributed by atoms with Crippen molar-refractivity contribution in [2.24, 2.45) is 0 Å². The largest absolute Gasteiger partial charge is 0.341 e. The zero-order valence-electron chi connectivity index (χ0n) is 18.9. The van der Waals surface area contributed by atoms with Crippen LogP contribution in [0.4, 0.5) is 4.39 Å². The minimum atomic E-state index is -0.755. The van der Waals surface area contributed by atoms with Gasteiger partial charge in [0.1, 0.15) is 5.82 Å². The minimum absolute atomic E-state index is 0.0720. The molecular formula is C26H28FN3O2. The second-order valence-electron chi connectivity index (χ2n) is 8.64. The normalized spacial score (nSPS) is 18.8. The molecule has 4 rings (SSSR count). The summed E-state index contributed by atoms with van der Waals surface area (Å²) in [5.41, 5.74) is 4.92. The highest BCUT2D eigenvalue weighted by molar-refractivity contribution is 5.99. The van der Waals surface area contributed by atoms with E-state index in [2.05, 4.69) is 19.2 Å². The van der Waals surface area contributed by atoms with Crippen molar-refractivity contribution in [1.82, 2.24) is 15.1 Å². The summed E-state index contributed by atoms with van der Waals surface area (Å²) in [6, 6.07) is 12.8. The van der Waals surface area contributed by atoms with Crippen LogP contribution in [0.2, 0.25) is 0 Å². The number of hydrogen-bond acceptors (Lipinski definition) is 3. The average Bonchev–Trinajstić information content (AvgIpc) is 3.10. The molecule has 1 aliphatic rings. The molecule has 1 amide bonds. The van der Waals surface area contributed by atoms with E-state index in [9.17, 15) is 14.0 Å². The number of carbonyl (C=O) groups is 2. The Morgan fingerprint density at radius 1 is 1.22 bits per heavy atom. The van der Waals surface area contributed by atoms with Gasteiger partial charge in [-0.2, -0.15) is 5.10 Å². The second kappa shape index (κ2) is 8.69. The highest BCUT2D eigenvalue weighted by Gasteiger charge is 2.41. The molecule has 6 heteroatoms. The summed E-state index contributed by atoms with van der Waals surface area (Å²) in [6.07, 6.45) is 1.09. The molecule has 0 saturated carbocycles. The maximum atomic E-state index is 13.7. The van der Waals surface area contributed by atoms with E-state index in [-0.39, 0.29) is 30.0 Å². The lowest BCUT2D eigenvalue weighted by molar-refractivity contribution is -0.121. The molecule has 3 atom stereocenters. The molecule has 1 aliphatic carbocycles. The van der Waals surface area contributed by atoms with E-state index in [4.69, 9.17) is 5.10 Å². The number of Topliss-reactive ketones (excluding diaryl/α,β-unsaturated/α-hetero) is 1. The fraction of sp³-hybridized carbons (Fsp3) is 0.346. The smallest absolute Gasteiger partial charge is 0.251 e. The predicted octanol–water partition coefficient (Wildman–Crippen LogP) is 4.67. The maximum absolute atomic E-state index is 13.7. The Bertz CT molecular complexity index is 1170. The summed E-state index contributed by atoms with van der Waals surface area (Å²) < 4.78 is 15.6. The third kappa shape index (κ3) is 3.97. The van der Waals surface area contributed by atoms with Crippen molar-refractivity contribution in [2.45, 2.75) is 58.5 Å². The van der Waals surface area contributed by atoms with Crippen LogP contribution in [0.1, 0.15) is 70.7 Å². The van der Waals surface area contributed by atoms with Gasteiger partial charge in [0.15, 0.2) is 5.78 Å². The predicted molar refractivity (Wildman–Crippen MR) is 121 cm³/mol. The van der Waals surface area contributed by atoms with Gasteiger partial charge < -0.3 is 5.32 Å². The van der Waals surface area contributed by atoms with Gasteiger partial charge in [0, 0.05) is 23.1 Å². The van der Waals surface area contributed by atoms with Crippen molar-refractivity contribution in [3.05, 3.63) is 88.0 Å². The summed E-state index contributed by atoms with van der Waals surface area (Å²) in [6.45, 7) is 8.02. The lowest BCUT2D eigenvalue weighted by atomic mass is 9.76. The van der Waals surface area contributed by atoms with Crippen molar-refractivity contribution >= 4 is 11.7 Å². The second-order valence-corrected chi connectivity index (χ2v) is 8.64. The van der Waals surface area contributed by atoms with Crippen LogP contribution in [0, 0.1) is 19.7 Å². The van der Waals surface area contributed by atoms with E-state index in [1.807, 2.05) is 30.7 Å². The zero-order chi connectivity index (χ0) is 23.0. The number of ketones is 1. The van der Waals surface area contributed by atoms with E-state index in [1.54, 1.807) is 24.3 Å². The Morgan fingerprint density at radius 3 is 2.59 bits per heavy atom. The standard InChI is InChI=1S/C26H28FN3O2/c1-5-16(3)30-21-14-22(31)25(28-26(32)19-8-6-7-15(2)13-19)24(23(21)17(4)29-30)18-9-11-20(27)12-10-18/h6-13,16,24-25H,5,14H2,1-4H3,(H,28,32)/t16?,24-,25-/m0/s1. The van der Waals surface area contributed by atoms with E-state index in [0.29, 0.717) is 5.56 Å². The molecule has 0 bridgehead atoms. The molecule has 166 valence electrons. The number of nitrogens with zero attached hydrogens (tertiary/aromatic N) is 2. The molecule has 0 radical (unpaired) electrons. The first kappa shape index (κ1) is 21.9. The number of amides is 1. The van der Waals surface area contributed by atoms with Gasteiger partial charge in [-0.1, -0.05) is 36.8 Å². The molecule has 0 aliphatic heterocycles. The van der Waals surface area contributed by atoms with Crippen LogP contribution in [0.25, 0.3) is 0 Å². The zero-order valence-corrected chi connectivity index (χ0v) is 18.9. The Labute approximate surface area is 187 Å². The highest BCUT2D eigenvalue weighted by atomic mass is 19.1. The number of nitrogens with one attached hydrogen (secondary N) is 1. The van der Waals surface area contributed by atoms with Gasteiger partial charge in [-0.3, -0.25) is 14.3 Å². The first-order chi connectivity index (χ1) is 15.3. The fourth-order valence-corrected chi connectivity index (χ4v) is 4.56. The lowest BCUT2D eigenvalue weighted by Crippen LogP contribution is -2.49. The molecule has 3 aromatic rings. The summed E-state index contributed by atoms with van der Waals surface area (Å²) >= 11 is 0. The number of halogens is 1. The Kier molecular flexibility index (Phi) is 5.96. The minimum Gasteiger partial charge on any atom is -0.341 e. The molecule has 1 aromatic heterocycles. The monoisotopic (exact) mass is 433 g/mol. The van der Waals surface area contributed by atoms with Gasteiger partial charge >= 0.3 is 0 Å². The van der Waals surface area contributed by atoms with Crippen molar-refractivity contribution in [3.8, 4) is 0 Å². The molecule has 1 N–H and O–H groups in total. The Morgan fingerprint density at radius 2 is 1.94 bits per heavy atom. The SMILES string of the molecule is CCC(C)n1nc(C)c2c1CC(=O)[C@H](NC(=O)c1cccc(C)c1)[C@H]2c1ccc(F)cc1. The van der Waals surface area contributed by atoms with Crippen LogP contribution in [-0.2, 0) is 11.2 Å². The molecule has 1 heterocycles. The Balaban J connectivity index is 1.81. The van der Waals surface area contributed by atoms with E-state index >= 15 is 0 Å². The van der Waals surface area contributed by atoms with Crippen molar-refractivity contribution < 1.29 is 14.0 Å². The number of aromatic nitrogens is 2. The highest BCUT2D eigenvalue weighted by Crippen LogP contribution is 2.39. The summed E-state index contributed by atoms with van der Waals surface area (Å²) in [7, 11) is 0. The van der Waals surface area contributed by atoms with E-state index in [1.165, 1.54) is 12.1 Å². The summed E-state index contributed by atoms with van der Waals surface area (Å²) in [5.74, 6) is -1.14. The molecule has 0 saturated heterocycles. The molecule has 32 heavy (non-hydrogen) atoms. The number of rotatable bonds is 5. The van der Waals surface area contributed by atoms with Gasteiger partial charge in [0.05, 0.1) is 23.9 Å². The fourth-order valence-electron chi connectivity index (χ4n) is 4.56. The number of carbonyl (C=O) groups excluding carboxylic acids is 2. The molecule has 0 spiro atoms. The summed E-state index contributed by atoms with van der Waals surface area (Å²) in [4.78, 5) is 26.4. The van der Waals surface area contributed by atoms with Crippen LogP contribution >= 0.6 is 0 Å². The van der Waals surface area contributed by atoms with Gasteiger partial charge in [-0.25, -0.2) is 4.39 Å². The average molecular weight is 434 g/mol. The van der Waals surface area contributed by atoms with Crippen LogP contribution in [0.3, 0.4) is 0 Å². The quantitative estimate of drug-likeness (QED) is 0.636. The molecule has 2 aromatic carbocycles. The lowest BCUT2D eigenvalue weighted by Gasteiger charge is -2.33. The van der Waals surface area contributed by atoms with E-state index < -0.39 is 12.0 Å². The van der Waals surface area contributed by atoms with Gasteiger partial charge in [0.2, 0.25) is 0 Å². The van der Waals surface area contributed by atoms with Crippen molar-refractivity contribution in [1.29, 1.82) is 0 Å². The van der Waals surface area contributed by atoms with Crippen molar-refractivity contribution in [3.63, 3.8) is 0 Å². The molecular weight excluding hydrogens is 405 g/mol. The number of aryl methyl sites for hydroxylation is 2. The van der Waals surface area contributed by atoms with Crippen LogP contribution < -0.4 is 5.32 Å². The molecule has 1 unspecified atom stereocenters. The molecule has 5 nitrogen and oxygen atoms in total. The third-order valence-corrected chi connectivity index (χ3v) is 6.37. The number of hydrogen-bond donors (Lipinski definition) is 1. The first-order valence-corrected chi connectivity index (χ1v) is 11.0. The topological polar surface area (TPSA) is 64.0 Å². The van der Waals surface area contributed by atoms with Crippen molar-refractivity contribution in [2.75, 3.05) is 0 Å². The van der Waals surface area contributed by atoms with Gasteiger partial charge in [-0.15, -0.1) is 0 Å². The van der Waals surface area contributed by atoms with E-state index in [0.717, 1.165) is 34.5 Å². The van der Waals surface area contributed by atoms with Gasteiger partial charge in [0.25, 0.3) is 5.91 Å². The van der Waals surface area contributed by atoms with Crippen LogP contribution in [-0.4, -0.2) is 27.5 Å². The first-order valence-electron chi connectivity index (χ1n) is 11.0. The number of fused-ring (bicyclic) bond motifs is 1. The third-order valence-electron chi connectivity index (χ3n) is 6.37. The van der Waals surface area contributed by atoms with Gasteiger partial charge in [-0.05, 0) is 57.0 Å².